The third-order valence-electron chi connectivity index (χ3n) is 5.13. The van der Waals surface area contributed by atoms with Gasteiger partial charge in [-0.15, -0.1) is 0 Å². The summed E-state index contributed by atoms with van der Waals surface area (Å²) in [5.41, 5.74) is 0.193. The number of hydrogen-bond donors (Lipinski definition) is 2. The average Bonchev–Trinajstić information content (AvgIpc) is 2.65. The SMILES string of the molecule is O=C1CN(C(=O)NC(c2ccc(F)c(Cl)c2F)C2CCCCC2)CCN1. The van der Waals surface area contributed by atoms with Gasteiger partial charge in [-0.05, 0) is 24.8 Å². The van der Waals surface area contributed by atoms with Crippen LogP contribution in [0.1, 0.15) is 43.7 Å². The van der Waals surface area contributed by atoms with Gasteiger partial charge in [-0.25, -0.2) is 13.6 Å². The number of rotatable bonds is 3. The van der Waals surface area contributed by atoms with E-state index in [2.05, 4.69) is 10.6 Å². The Labute approximate surface area is 156 Å². The van der Waals surface area contributed by atoms with E-state index in [1.165, 1.54) is 11.0 Å². The van der Waals surface area contributed by atoms with Gasteiger partial charge in [0.25, 0.3) is 0 Å². The second kappa shape index (κ2) is 8.20. The Morgan fingerprint density at radius 3 is 2.69 bits per heavy atom. The molecule has 1 heterocycles. The lowest BCUT2D eigenvalue weighted by Gasteiger charge is -2.34. The van der Waals surface area contributed by atoms with Gasteiger partial charge >= 0.3 is 6.03 Å². The summed E-state index contributed by atoms with van der Waals surface area (Å²) in [6.07, 6.45) is 4.80. The minimum Gasteiger partial charge on any atom is -0.353 e. The number of halogens is 3. The van der Waals surface area contributed by atoms with Crippen LogP contribution in [-0.4, -0.2) is 36.5 Å². The van der Waals surface area contributed by atoms with Crippen molar-refractivity contribution in [1.29, 1.82) is 0 Å². The van der Waals surface area contributed by atoms with E-state index in [1.807, 2.05) is 0 Å². The number of nitrogens with one attached hydrogen (secondary N) is 2. The highest BCUT2D eigenvalue weighted by atomic mass is 35.5. The molecule has 0 radical (unpaired) electrons. The van der Waals surface area contributed by atoms with Crippen LogP contribution in [0.25, 0.3) is 0 Å². The summed E-state index contributed by atoms with van der Waals surface area (Å²) in [6.45, 7) is 0.745. The normalized spacial score (nSPS) is 19.8. The Hall–Kier alpha value is -1.89. The first-order valence-corrected chi connectivity index (χ1v) is 9.30. The maximum absolute atomic E-state index is 14.6. The number of carbonyl (C=O) groups excluding carboxylic acids is 2. The van der Waals surface area contributed by atoms with Crippen molar-refractivity contribution in [2.24, 2.45) is 5.92 Å². The summed E-state index contributed by atoms with van der Waals surface area (Å²) in [5.74, 6) is -1.84. The van der Waals surface area contributed by atoms with Gasteiger partial charge in [-0.3, -0.25) is 4.79 Å². The molecule has 1 unspecified atom stereocenters. The molecule has 0 aromatic heterocycles. The lowest BCUT2D eigenvalue weighted by Crippen LogP contribution is -2.54. The van der Waals surface area contributed by atoms with Gasteiger partial charge in [0.1, 0.15) is 23.2 Å². The fourth-order valence-electron chi connectivity index (χ4n) is 3.73. The zero-order chi connectivity index (χ0) is 18.7. The van der Waals surface area contributed by atoms with Gasteiger partial charge in [-0.1, -0.05) is 36.9 Å². The van der Waals surface area contributed by atoms with E-state index >= 15 is 0 Å². The molecule has 3 amide bonds. The molecule has 1 aromatic rings. The number of amides is 3. The molecule has 2 aliphatic rings. The molecule has 1 atom stereocenters. The first kappa shape index (κ1) is 18.9. The topological polar surface area (TPSA) is 61.4 Å². The molecule has 2 fully saturated rings. The predicted octanol–water partition coefficient (Wildman–Crippen LogP) is 3.38. The highest BCUT2D eigenvalue weighted by molar-refractivity contribution is 6.31. The van der Waals surface area contributed by atoms with E-state index in [0.29, 0.717) is 13.1 Å². The second-order valence-corrected chi connectivity index (χ2v) is 7.24. The molecule has 2 N–H and O–H groups in total. The van der Waals surface area contributed by atoms with Crippen LogP contribution < -0.4 is 10.6 Å². The van der Waals surface area contributed by atoms with Gasteiger partial charge < -0.3 is 15.5 Å². The molecule has 1 aliphatic carbocycles. The third kappa shape index (κ3) is 4.09. The molecule has 0 spiro atoms. The molecule has 142 valence electrons. The summed E-state index contributed by atoms with van der Waals surface area (Å²) in [7, 11) is 0. The molecule has 1 saturated heterocycles. The summed E-state index contributed by atoms with van der Waals surface area (Å²) in [4.78, 5) is 25.6. The monoisotopic (exact) mass is 385 g/mol. The summed E-state index contributed by atoms with van der Waals surface area (Å²) in [5, 5.41) is 4.96. The zero-order valence-corrected chi connectivity index (χ0v) is 15.1. The molecular formula is C18H22ClF2N3O2. The van der Waals surface area contributed by atoms with Crippen molar-refractivity contribution in [2.75, 3.05) is 19.6 Å². The van der Waals surface area contributed by atoms with E-state index in [4.69, 9.17) is 11.6 Å². The maximum atomic E-state index is 14.6. The fraction of sp³-hybridized carbons (Fsp3) is 0.556. The van der Waals surface area contributed by atoms with E-state index in [0.717, 1.165) is 38.2 Å². The van der Waals surface area contributed by atoms with Crippen LogP contribution in [0.15, 0.2) is 12.1 Å². The molecule has 1 saturated carbocycles. The van der Waals surface area contributed by atoms with Crippen LogP contribution in [0, 0.1) is 17.6 Å². The number of piperazine rings is 1. The van der Waals surface area contributed by atoms with Crippen molar-refractivity contribution in [3.8, 4) is 0 Å². The van der Waals surface area contributed by atoms with Crippen LogP contribution in [0.5, 0.6) is 0 Å². The summed E-state index contributed by atoms with van der Waals surface area (Å²) in [6, 6.07) is 1.44. The highest BCUT2D eigenvalue weighted by Crippen LogP contribution is 2.37. The highest BCUT2D eigenvalue weighted by Gasteiger charge is 2.32. The number of carbonyl (C=O) groups is 2. The van der Waals surface area contributed by atoms with E-state index in [1.54, 1.807) is 0 Å². The van der Waals surface area contributed by atoms with Crippen LogP contribution in [0.4, 0.5) is 13.6 Å². The van der Waals surface area contributed by atoms with Crippen molar-refractivity contribution >= 4 is 23.5 Å². The van der Waals surface area contributed by atoms with Crippen molar-refractivity contribution < 1.29 is 18.4 Å². The lowest BCUT2D eigenvalue weighted by molar-refractivity contribution is -0.123. The molecule has 3 rings (SSSR count). The third-order valence-corrected chi connectivity index (χ3v) is 5.47. The van der Waals surface area contributed by atoms with Crippen LogP contribution in [0.3, 0.4) is 0 Å². The molecule has 26 heavy (non-hydrogen) atoms. The smallest absolute Gasteiger partial charge is 0.318 e. The first-order valence-electron chi connectivity index (χ1n) is 8.93. The molecule has 0 bridgehead atoms. The second-order valence-electron chi connectivity index (χ2n) is 6.86. The quantitative estimate of drug-likeness (QED) is 0.783. The van der Waals surface area contributed by atoms with Crippen LogP contribution in [0.2, 0.25) is 5.02 Å². The van der Waals surface area contributed by atoms with Gasteiger partial charge in [0, 0.05) is 18.7 Å². The van der Waals surface area contributed by atoms with Crippen molar-refractivity contribution in [3.63, 3.8) is 0 Å². The molecule has 1 aliphatic heterocycles. The number of benzene rings is 1. The minimum absolute atomic E-state index is 0.0319. The molecular weight excluding hydrogens is 364 g/mol. The zero-order valence-electron chi connectivity index (χ0n) is 14.4. The van der Waals surface area contributed by atoms with Crippen LogP contribution in [-0.2, 0) is 4.79 Å². The Balaban J connectivity index is 1.85. The van der Waals surface area contributed by atoms with E-state index < -0.39 is 28.7 Å². The van der Waals surface area contributed by atoms with Gasteiger partial charge in [0.05, 0.1) is 6.04 Å². The molecule has 1 aromatic carbocycles. The standard InChI is InChI=1S/C18H22ClF2N3O2/c19-15-13(20)7-6-12(16(15)21)17(11-4-2-1-3-5-11)23-18(26)24-9-8-22-14(25)10-24/h6-7,11,17H,1-5,8-10H2,(H,22,25)(H,23,26). The van der Waals surface area contributed by atoms with Crippen molar-refractivity contribution in [1.82, 2.24) is 15.5 Å². The fourth-order valence-corrected chi connectivity index (χ4v) is 3.91. The molecule has 5 nitrogen and oxygen atoms in total. The van der Waals surface area contributed by atoms with Gasteiger partial charge in [0.15, 0.2) is 0 Å². The predicted molar refractivity (Wildman–Crippen MR) is 93.8 cm³/mol. The van der Waals surface area contributed by atoms with Gasteiger partial charge in [-0.2, -0.15) is 0 Å². The average molecular weight is 386 g/mol. The lowest BCUT2D eigenvalue weighted by atomic mass is 9.81. The molecule has 8 heteroatoms. The maximum Gasteiger partial charge on any atom is 0.318 e. The van der Waals surface area contributed by atoms with E-state index in [9.17, 15) is 18.4 Å². The summed E-state index contributed by atoms with van der Waals surface area (Å²) < 4.78 is 28.2. The summed E-state index contributed by atoms with van der Waals surface area (Å²) >= 11 is 5.74. The minimum atomic E-state index is -0.834. The Kier molecular flexibility index (Phi) is 5.96. The van der Waals surface area contributed by atoms with E-state index in [-0.39, 0.29) is 23.9 Å². The van der Waals surface area contributed by atoms with Crippen molar-refractivity contribution in [3.05, 3.63) is 34.4 Å². The Morgan fingerprint density at radius 2 is 2.00 bits per heavy atom. The number of hydrogen-bond acceptors (Lipinski definition) is 2. The first-order chi connectivity index (χ1) is 12.5. The number of urea groups is 1. The van der Waals surface area contributed by atoms with Gasteiger partial charge in [0.2, 0.25) is 5.91 Å². The Bertz CT molecular complexity index is 695. The number of nitrogens with zero attached hydrogens (tertiary/aromatic N) is 1. The van der Waals surface area contributed by atoms with Crippen molar-refractivity contribution in [2.45, 2.75) is 38.1 Å². The largest absolute Gasteiger partial charge is 0.353 e. The van der Waals surface area contributed by atoms with Crippen LogP contribution >= 0.6 is 11.6 Å². The Morgan fingerprint density at radius 1 is 1.27 bits per heavy atom.